The summed E-state index contributed by atoms with van der Waals surface area (Å²) in [7, 11) is 1.65. The van der Waals surface area contributed by atoms with Gasteiger partial charge < -0.3 is 15.6 Å². The first-order valence-corrected chi connectivity index (χ1v) is 5.57. The lowest BCUT2D eigenvalue weighted by Gasteiger charge is -2.10. The average molecular weight is 249 g/mol. The maximum Gasteiger partial charge on any atom is 0.119 e. The van der Waals surface area contributed by atoms with Gasteiger partial charge in [-0.25, -0.2) is 0 Å². The van der Waals surface area contributed by atoms with Gasteiger partial charge in [0.05, 0.1) is 18.5 Å². The zero-order chi connectivity index (χ0) is 12.1. The van der Waals surface area contributed by atoms with Gasteiger partial charge in [0.1, 0.15) is 5.75 Å². The van der Waals surface area contributed by atoms with Crippen LogP contribution in [0.5, 0.6) is 5.75 Å². The predicted molar refractivity (Wildman–Crippen MR) is 71.7 cm³/mol. The molecule has 2 aromatic rings. The van der Waals surface area contributed by atoms with E-state index in [1.807, 2.05) is 48.5 Å². The second-order valence-corrected chi connectivity index (χ2v) is 3.92. The summed E-state index contributed by atoms with van der Waals surface area (Å²) in [6, 6.07) is 15.1. The normalized spacial score (nSPS) is 9.76. The van der Waals surface area contributed by atoms with Crippen LogP contribution in [0, 0.1) is 0 Å². The fraction of sp³-hybridized carbons (Fsp3) is 0.0769. The molecule has 0 aliphatic heterocycles. The molecule has 0 atom stereocenters. The Kier molecular flexibility index (Phi) is 3.73. The van der Waals surface area contributed by atoms with E-state index in [0.29, 0.717) is 0 Å². The molecule has 17 heavy (non-hydrogen) atoms. The van der Waals surface area contributed by atoms with Crippen molar-refractivity contribution in [1.82, 2.24) is 0 Å². The molecule has 2 N–H and O–H groups in total. The molecule has 0 unspecified atom stereocenters. The van der Waals surface area contributed by atoms with E-state index in [1.165, 1.54) is 0 Å². The van der Waals surface area contributed by atoms with E-state index >= 15 is 0 Å². The van der Waals surface area contributed by atoms with E-state index in [1.54, 1.807) is 7.11 Å². The Morgan fingerprint density at radius 2 is 1.29 bits per heavy atom. The second-order valence-electron chi connectivity index (χ2n) is 3.49. The highest BCUT2D eigenvalue weighted by molar-refractivity contribution is 6.30. The van der Waals surface area contributed by atoms with Crippen LogP contribution in [0.2, 0.25) is 5.02 Å². The van der Waals surface area contributed by atoms with Crippen molar-refractivity contribution in [1.29, 1.82) is 0 Å². The number of hydrazine groups is 1. The van der Waals surface area contributed by atoms with E-state index in [-0.39, 0.29) is 0 Å². The van der Waals surface area contributed by atoms with Gasteiger partial charge >= 0.3 is 0 Å². The molecule has 4 heteroatoms. The molecule has 0 saturated carbocycles. The molecular weight excluding hydrogens is 236 g/mol. The summed E-state index contributed by atoms with van der Waals surface area (Å²) in [6.45, 7) is 0. The first kappa shape index (κ1) is 11.6. The lowest BCUT2D eigenvalue weighted by atomic mass is 10.3. The monoisotopic (exact) mass is 248 g/mol. The quantitative estimate of drug-likeness (QED) is 0.808. The summed E-state index contributed by atoms with van der Waals surface area (Å²) in [4.78, 5) is 0. The molecule has 2 rings (SSSR count). The Balaban J connectivity index is 1.95. The van der Waals surface area contributed by atoms with E-state index < -0.39 is 0 Å². The summed E-state index contributed by atoms with van der Waals surface area (Å²) in [5.41, 5.74) is 8.07. The third-order valence-corrected chi connectivity index (χ3v) is 2.54. The predicted octanol–water partition coefficient (Wildman–Crippen LogP) is 3.79. The van der Waals surface area contributed by atoms with Crippen LogP contribution >= 0.6 is 11.6 Å². The molecule has 0 heterocycles. The van der Waals surface area contributed by atoms with E-state index in [9.17, 15) is 0 Å². The Labute approximate surface area is 105 Å². The first-order valence-electron chi connectivity index (χ1n) is 5.19. The van der Waals surface area contributed by atoms with E-state index in [0.717, 1.165) is 22.1 Å². The number of hydrogen-bond acceptors (Lipinski definition) is 3. The van der Waals surface area contributed by atoms with Crippen molar-refractivity contribution in [3.8, 4) is 5.75 Å². The average Bonchev–Trinajstić information content (AvgIpc) is 2.39. The highest BCUT2D eigenvalue weighted by Crippen LogP contribution is 2.17. The number of halogens is 1. The molecule has 0 amide bonds. The molecule has 3 nitrogen and oxygen atoms in total. The molecule has 0 radical (unpaired) electrons. The summed E-state index contributed by atoms with van der Waals surface area (Å²) < 4.78 is 5.08. The highest BCUT2D eigenvalue weighted by atomic mass is 35.5. The number of ether oxygens (including phenoxy) is 1. The Bertz CT molecular complexity index is 468. The van der Waals surface area contributed by atoms with Crippen molar-refractivity contribution >= 4 is 23.0 Å². The minimum absolute atomic E-state index is 0.722. The number of nitrogens with one attached hydrogen (secondary N) is 2. The van der Waals surface area contributed by atoms with Gasteiger partial charge in [-0.05, 0) is 48.5 Å². The zero-order valence-corrected chi connectivity index (χ0v) is 10.2. The van der Waals surface area contributed by atoms with Crippen LogP contribution in [-0.4, -0.2) is 7.11 Å². The molecule has 88 valence electrons. The van der Waals surface area contributed by atoms with Gasteiger partial charge in [-0.15, -0.1) is 0 Å². The van der Waals surface area contributed by atoms with Crippen LogP contribution in [0.15, 0.2) is 48.5 Å². The molecule has 0 spiro atoms. The highest BCUT2D eigenvalue weighted by Gasteiger charge is 1.94. The minimum Gasteiger partial charge on any atom is -0.497 e. The number of rotatable bonds is 4. The molecular formula is C13H13ClN2O. The maximum atomic E-state index is 5.80. The van der Waals surface area contributed by atoms with Gasteiger partial charge in [0.15, 0.2) is 0 Å². The van der Waals surface area contributed by atoms with Crippen LogP contribution < -0.4 is 15.6 Å². The minimum atomic E-state index is 0.722. The standard InChI is InChI=1S/C13H13ClN2O/c1-17-13-8-6-12(7-9-13)16-15-11-4-2-10(14)3-5-11/h2-9,15-16H,1H3. The third-order valence-electron chi connectivity index (χ3n) is 2.29. The maximum absolute atomic E-state index is 5.80. The molecule has 0 aliphatic carbocycles. The summed E-state index contributed by atoms with van der Waals surface area (Å²) >= 11 is 5.80. The van der Waals surface area contributed by atoms with Crippen molar-refractivity contribution in [2.45, 2.75) is 0 Å². The topological polar surface area (TPSA) is 33.3 Å². The first-order chi connectivity index (χ1) is 8.28. The number of benzene rings is 2. The van der Waals surface area contributed by atoms with Crippen LogP contribution in [0.25, 0.3) is 0 Å². The van der Waals surface area contributed by atoms with Gasteiger partial charge in [-0.1, -0.05) is 11.6 Å². The van der Waals surface area contributed by atoms with Crippen molar-refractivity contribution in [3.63, 3.8) is 0 Å². The molecule has 0 aromatic heterocycles. The van der Waals surface area contributed by atoms with Gasteiger partial charge in [0, 0.05) is 5.02 Å². The van der Waals surface area contributed by atoms with Crippen LogP contribution in [0.3, 0.4) is 0 Å². The molecule has 0 aliphatic rings. The second kappa shape index (κ2) is 5.46. The van der Waals surface area contributed by atoms with Crippen molar-refractivity contribution in [2.75, 3.05) is 18.0 Å². The Morgan fingerprint density at radius 3 is 1.76 bits per heavy atom. The smallest absolute Gasteiger partial charge is 0.119 e. The molecule has 0 saturated heterocycles. The summed E-state index contributed by atoms with van der Waals surface area (Å²) in [6.07, 6.45) is 0. The molecule has 2 aromatic carbocycles. The summed E-state index contributed by atoms with van der Waals surface area (Å²) in [5.74, 6) is 0.835. The van der Waals surface area contributed by atoms with Gasteiger partial charge in [0.2, 0.25) is 0 Å². The Morgan fingerprint density at radius 1 is 0.824 bits per heavy atom. The van der Waals surface area contributed by atoms with E-state index in [2.05, 4.69) is 10.9 Å². The lowest BCUT2D eigenvalue weighted by Crippen LogP contribution is -2.08. The SMILES string of the molecule is COc1ccc(NNc2ccc(Cl)cc2)cc1. The van der Waals surface area contributed by atoms with Gasteiger partial charge in [-0.2, -0.15) is 0 Å². The summed E-state index contributed by atoms with van der Waals surface area (Å²) in [5, 5.41) is 0.722. The fourth-order valence-corrected chi connectivity index (χ4v) is 1.48. The van der Waals surface area contributed by atoms with E-state index in [4.69, 9.17) is 16.3 Å². The number of hydrogen-bond donors (Lipinski definition) is 2. The van der Waals surface area contributed by atoms with Gasteiger partial charge in [-0.3, -0.25) is 0 Å². The van der Waals surface area contributed by atoms with Crippen molar-refractivity contribution in [3.05, 3.63) is 53.6 Å². The van der Waals surface area contributed by atoms with Crippen LogP contribution in [0.4, 0.5) is 11.4 Å². The number of methoxy groups -OCH3 is 1. The van der Waals surface area contributed by atoms with Gasteiger partial charge in [0.25, 0.3) is 0 Å². The third kappa shape index (κ3) is 3.29. The molecule has 0 fully saturated rings. The van der Waals surface area contributed by atoms with Crippen LogP contribution in [-0.2, 0) is 0 Å². The number of anilines is 2. The lowest BCUT2D eigenvalue weighted by molar-refractivity contribution is 0.415. The largest absolute Gasteiger partial charge is 0.497 e. The fourth-order valence-electron chi connectivity index (χ4n) is 1.35. The molecule has 0 bridgehead atoms. The Hall–Kier alpha value is -1.87. The van der Waals surface area contributed by atoms with Crippen molar-refractivity contribution < 1.29 is 4.74 Å². The van der Waals surface area contributed by atoms with Crippen molar-refractivity contribution in [2.24, 2.45) is 0 Å². The van der Waals surface area contributed by atoms with Crippen LogP contribution in [0.1, 0.15) is 0 Å². The zero-order valence-electron chi connectivity index (χ0n) is 9.41.